The fourth-order valence-electron chi connectivity index (χ4n) is 27.1. The number of benzene rings is 19. The van der Waals surface area contributed by atoms with Gasteiger partial charge in [0.05, 0.1) is 16.2 Å². The van der Waals surface area contributed by atoms with Gasteiger partial charge < -0.3 is 4.90 Å². The Morgan fingerprint density at radius 2 is 0.453 bits per heavy atom. The summed E-state index contributed by atoms with van der Waals surface area (Å²) in [6.07, 6.45) is 0.737. The molecule has 34 rings (SSSR count). The standard InChI is InChI=1S/C73H17NO/c1-3-74(4-2)70(75)71(10-11-8-6-5-7-9-11)72-66-58-50-40-30-22-14-12-13-16-20-18(14)26-34-28(20)38-32-24(16)25-17(13)21-19-15(12)23(22)31-37-27(19)35-29(21)39-33(25)43-42(32)52-46(38)56-48(34)54(44(50)36(26)30)62(66)64(56)68-60(52)61-53(43)47(39)57-49(35)55-45(37)51(41(31)40)59(58)67(72)63(55)65(57)69(61)73(68,71)72/h5-9H,3-4,10H2,1-2H3. The molecular weight excluding hydrogens is 907 g/mol. The summed E-state index contributed by atoms with van der Waals surface area (Å²) in [5, 5.41) is 86.8. The number of hydrogen-bond donors (Lipinski definition) is 0. The van der Waals surface area contributed by atoms with Crippen molar-refractivity contribution in [2.75, 3.05) is 13.1 Å². The predicted octanol–water partition coefficient (Wildman–Crippen LogP) is 18.4. The molecule has 5 aliphatic carbocycles. The van der Waals surface area contributed by atoms with Crippen molar-refractivity contribution in [3.05, 3.63) is 58.1 Å². The van der Waals surface area contributed by atoms with Gasteiger partial charge >= 0.3 is 0 Å². The van der Waals surface area contributed by atoms with Crippen molar-refractivity contribution in [2.24, 2.45) is 5.41 Å². The van der Waals surface area contributed by atoms with Crippen molar-refractivity contribution in [3.63, 3.8) is 0 Å². The molecule has 29 aromatic carbocycles. The van der Waals surface area contributed by atoms with Crippen LogP contribution in [0.25, 0.3) is 291 Å². The molecule has 0 N–H and O–H groups in total. The van der Waals surface area contributed by atoms with Gasteiger partial charge in [0.15, 0.2) is 0 Å². The molecule has 75 heavy (non-hydrogen) atoms. The number of amides is 1. The highest BCUT2D eigenvalue weighted by atomic mass is 16.2. The molecule has 0 aliphatic heterocycles. The monoisotopic (exact) mass is 923 g/mol. The Morgan fingerprint density at radius 1 is 0.280 bits per heavy atom. The molecule has 2 spiro atoms. The van der Waals surface area contributed by atoms with Gasteiger partial charge in [-0.2, -0.15) is 0 Å². The Bertz CT molecular complexity index is 7000. The van der Waals surface area contributed by atoms with E-state index in [2.05, 4.69) is 49.1 Å². The Kier molecular flexibility index (Phi) is 2.60. The van der Waals surface area contributed by atoms with E-state index in [1.165, 1.54) is 5.56 Å². The van der Waals surface area contributed by atoms with Gasteiger partial charge in [-0.05, 0) is 339 Å². The summed E-state index contributed by atoms with van der Waals surface area (Å²) in [6.45, 7) is 5.98. The molecule has 0 bridgehead atoms. The molecule has 29 aromatic rings. The maximum absolute atomic E-state index is 17.7. The highest BCUT2D eigenvalue weighted by Crippen LogP contribution is 2.97. The first-order chi connectivity index (χ1) is 37.2. The molecule has 1 amide bonds. The van der Waals surface area contributed by atoms with Crippen molar-refractivity contribution in [2.45, 2.75) is 31.1 Å². The Balaban J connectivity index is 1.12. The van der Waals surface area contributed by atoms with Crippen LogP contribution in [0.4, 0.5) is 0 Å². The van der Waals surface area contributed by atoms with Gasteiger partial charge in [0.25, 0.3) is 0 Å². The Labute approximate surface area is 411 Å². The van der Waals surface area contributed by atoms with E-state index >= 15 is 4.79 Å². The van der Waals surface area contributed by atoms with Crippen molar-refractivity contribution >= 4 is 297 Å². The minimum Gasteiger partial charge on any atom is -0.343 e. The number of nitrogens with zero attached hydrogens (tertiary/aromatic N) is 1. The second kappa shape index (κ2) is 6.69. The van der Waals surface area contributed by atoms with Gasteiger partial charge in [0, 0.05) is 13.1 Å². The van der Waals surface area contributed by atoms with Crippen LogP contribution in [0.1, 0.15) is 41.7 Å². The van der Waals surface area contributed by atoms with E-state index in [0.29, 0.717) is 5.91 Å². The molecule has 2 nitrogen and oxygen atoms in total. The smallest absolute Gasteiger partial charge is 0.231 e. The number of hydrogen-bond acceptors (Lipinski definition) is 1. The Morgan fingerprint density at radius 3 is 0.627 bits per heavy atom. The van der Waals surface area contributed by atoms with E-state index in [1.54, 1.807) is 313 Å². The normalized spacial score (nSPS) is 23.4. The van der Waals surface area contributed by atoms with E-state index in [9.17, 15) is 0 Å². The molecule has 320 valence electrons. The largest absolute Gasteiger partial charge is 0.343 e. The fourth-order valence-corrected chi connectivity index (χ4v) is 27.1. The third kappa shape index (κ3) is 1.57. The molecule has 0 atom stereocenters. The molecule has 1 fully saturated rings. The summed E-state index contributed by atoms with van der Waals surface area (Å²) in [7, 11) is 0. The topological polar surface area (TPSA) is 20.3 Å². The highest BCUT2D eigenvalue weighted by molar-refractivity contribution is 6.82. The zero-order chi connectivity index (χ0) is 45.4. The lowest BCUT2D eigenvalue weighted by Crippen LogP contribution is -2.43. The van der Waals surface area contributed by atoms with Gasteiger partial charge in [0.2, 0.25) is 5.91 Å². The molecule has 0 radical (unpaired) electrons. The molecule has 0 aromatic heterocycles. The summed E-state index contributed by atoms with van der Waals surface area (Å²) in [4.78, 5) is 20.0. The van der Waals surface area contributed by atoms with Crippen molar-refractivity contribution in [3.8, 4) is 0 Å². The van der Waals surface area contributed by atoms with Gasteiger partial charge in [-0.15, -0.1) is 0 Å². The quantitative estimate of drug-likeness (QED) is 0.158. The predicted molar refractivity (Wildman–Crippen MR) is 314 cm³/mol. The average molecular weight is 924 g/mol. The van der Waals surface area contributed by atoms with Crippen LogP contribution in [0.15, 0.2) is 30.3 Å². The van der Waals surface area contributed by atoms with Crippen LogP contribution in [-0.4, -0.2) is 23.9 Å². The first-order valence-electron chi connectivity index (χ1n) is 28.3. The summed E-state index contributed by atoms with van der Waals surface area (Å²) in [5.41, 5.74) is 5.82. The summed E-state index contributed by atoms with van der Waals surface area (Å²) >= 11 is 0. The van der Waals surface area contributed by atoms with Crippen molar-refractivity contribution in [1.29, 1.82) is 0 Å². The first kappa shape index (κ1) is 29.1. The zero-order valence-electron chi connectivity index (χ0n) is 39.4. The molecule has 0 heterocycles. The van der Waals surface area contributed by atoms with Gasteiger partial charge in [-0.3, -0.25) is 4.79 Å². The third-order valence-corrected chi connectivity index (χ3v) is 27.3. The van der Waals surface area contributed by atoms with Gasteiger partial charge in [-0.25, -0.2) is 0 Å². The van der Waals surface area contributed by atoms with Crippen molar-refractivity contribution < 1.29 is 4.79 Å². The first-order valence-corrected chi connectivity index (χ1v) is 28.3. The molecule has 5 aliphatic rings. The van der Waals surface area contributed by atoms with E-state index in [4.69, 9.17) is 0 Å². The lowest BCUT2D eigenvalue weighted by Gasteiger charge is -2.32. The van der Waals surface area contributed by atoms with Crippen LogP contribution in [0.5, 0.6) is 0 Å². The molecule has 2 heteroatoms. The van der Waals surface area contributed by atoms with E-state index in [0.717, 1.165) is 19.5 Å². The van der Waals surface area contributed by atoms with E-state index in [1.807, 2.05) is 0 Å². The average Bonchev–Trinajstić information content (AvgIpc) is 1.49. The Hall–Kier alpha value is -8.85. The second-order valence-electron chi connectivity index (χ2n) is 27.3. The van der Waals surface area contributed by atoms with Gasteiger partial charge in [-0.1, -0.05) is 30.3 Å². The number of carbonyl (C=O) groups is 1. The lowest BCUT2D eigenvalue weighted by molar-refractivity contribution is -0.137. The van der Waals surface area contributed by atoms with Crippen LogP contribution in [-0.2, 0) is 22.0 Å². The minimum atomic E-state index is -0.780. The second-order valence-corrected chi connectivity index (χ2v) is 27.3. The van der Waals surface area contributed by atoms with Crippen molar-refractivity contribution in [1.82, 2.24) is 4.90 Å². The van der Waals surface area contributed by atoms with Crippen LogP contribution in [0.2, 0.25) is 0 Å². The molecule has 0 saturated heterocycles. The number of carbonyl (C=O) groups excluding carboxylic acids is 1. The third-order valence-electron chi connectivity index (χ3n) is 27.3. The molecular formula is C73H17NO. The molecule has 1 saturated carbocycles. The van der Waals surface area contributed by atoms with Gasteiger partial charge in [0.1, 0.15) is 0 Å². The summed E-state index contributed by atoms with van der Waals surface area (Å²) < 4.78 is 0. The molecule has 0 unspecified atom stereocenters. The van der Waals surface area contributed by atoms with Crippen LogP contribution < -0.4 is 0 Å². The lowest BCUT2D eigenvalue weighted by atomic mass is 9.68. The van der Waals surface area contributed by atoms with E-state index < -0.39 is 16.2 Å². The minimum absolute atomic E-state index is 0.409. The zero-order valence-corrected chi connectivity index (χ0v) is 39.4. The maximum Gasteiger partial charge on any atom is 0.231 e. The van der Waals surface area contributed by atoms with Crippen LogP contribution >= 0.6 is 0 Å². The summed E-state index contributed by atoms with van der Waals surface area (Å²) in [5.74, 6) is 0.409. The van der Waals surface area contributed by atoms with E-state index in [-0.39, 0.29) is 0 Å². The fraction of sp³-hybridized carbons (Fsp3) is 0.110. The van der Waals surface area contributed by atoms with Crippen LogP contribution in [0.3, 0.4) is 0 Å². The highest BCUT2D eigenvalue weighted by Gasteiger charge is 2.97. The maximum atomic E-state index is 17.7. The number of rotatable bonds is 5. The van der Waals surface area contributed by atoms with Crippen LogP contribution in [0, 0.1) is 5.41 Å². The SMILES string of the molecule is CCN(CC)C(=O)C1(Cc2ccccc2)C23c4c5c6c7c8c9c(c%10c%11c2c2c4c4c%12c5c5c6c6c8c8c%13c9c9c%10c%10c%11c%11c2c2c4c4c%12c%12c5c5c6c8c6c8c%13c9c9c%10c%10c%11c2c2c4c4c%12c5c6c5c8c9c%10c2c45)C713. The summed E-state index contributed by atoms with van der Waals surface area (Å²) in [6, 6.07) is 11.5.